The van der Waals surface area contributed by atoms with Crippen LogP contribution in [0.2, 0.25) is 0 Å². The van der Waals surface area contributed by atoms with Crippen LogP contribution < -0.4 is 10.4 Å². The Bertz CT molecular complexity index is 321. The summed E-state index contributed by atoms with van der Waals surface area (Å²) < 4.78 is 0. The Morgan fingerprint density at radius 3 is 2.25 bits per heavy atom. The van der Waals surface area contributed by atoms with E-state index in [1.165, 1.54) is 31.9 Å². The molecule has 0 radical (unpaired) electrons. The summed E-state index contributed by atoms with van der Waals surface area (Å²) in [6.45, 7) is 2.10. The van der Waals surface area contributed by atoms with Crippen LogP contribution in [0.3, 0.4) is 0 Å². The first-order valence-electron chi connectivity index (χ1n) is 5.84. The number of anilines is 1. The van der Waals surface area contributed by atoms with E-state index < -0.39 is 7.12 Å². The molecule has 0 saturated carbocycles. The van der Waals surface area contributed by atoms with Gasteiger partial charge in [-0.05, 0) is 18.9 Å². The van der Waals surface area contributed by atoms with E-state index in [0.717, 1.165) is 18.9 Å². The fourth-order valence-electron chi connectivity index (χ4n) is 2.04. The summed E-state index contributed by atoms with van der Waals surface area (Å²) in [5.41, 5.74) is 0.443. The zero-order chi connectivity index (χ0) is 11.4. The summed E-state index contributed by atoms with van der Waals surface area (Å²) in [5, 5.41) is 17.9. The lowest BCUT2D eigenvalue weighted by Gasteiger charge is -2.21. The van der Waals surface area contributed by atoms with Crippen molar-refractivity contribution in [2.24, 2.45) is 0 Å². The van der Waals surface area contributed by atoms with Crippen molar-refractivity contribution in [3.05, 3.63) is 18.3 Å². The highest BCUT2D eigenvalue weighted by molar-refractivity contribution is 6.58. The molecule has 86 valence electrons. The molecule has 1 aromatic rings. The van der Waals surface area contributed by atoms with Gasteiger partial charge in [0, 0.05) is 24.7 Å². The molecule has 4 nitrogen and oxygen atoms in total. The van der Waals surface area contributed by atoms with Gasteiger partial charge in [-0.3, -0.25) is 0 Å². The molecule has 1 aliphatic heterocycles. The lowest BCUT2D eigenvalue weighted by molar-refractivity contribution is 0.425. The van der Waals surface area contributed by atoms with Crippen molar-refractivity contribution in [3.8, 4) is 0 Å². The van der Waals surface area contributed by atoms with Crippen LogP contribution in [0.5, 0.6) is 0 Å². The summed E-state index contributed by atoms with van der Waals surface area (Å²) in [7, 11) is -1.43. The molecule has 2 rings (SSSR count). The summed E-state index contributed by atoms with van der Waals surface area (Å²) in [6.07, 6.45) is 6.55. The highest BCUT2D eigenvalue weighted by atomic mass is 16.4. The van der Waals surface area contributed by atoms with E-state index in [1.807, 2.05) is 6.07 Å². The second-order valence-electron chi connectivity index (χ2n) is 4.22. The van der Waals surface area contributed by atoms with Gasteiger partial charge in [0.05, 0.1) is 0 Å². The van der Waals surface area contributed by atoms with Crippen LogP contribution in [0.4, 0.5) is 5.82 Å². The first kappa shape index (κ1) is 11.4. The number of nitrogens with zero attached hydrogens (tertiary/aromatic N) is 2. The van der Waals surface area contributed by atoms with Crippen LogP contribution in [0.25, 0.3) is 0 Å². The summed E-state index contributed by atoms with van der Waals surface area (Å²) in [6, 6.07) is 3.58. The molecule has 2 N–H and O–H groups in total. The lowest BCUT2D eigenvalue weighted by Crippen LogP contribution is -2.31. The van der Waals surface area contributed by atoms with Gasteiger partial charge in [0.25, 0.3) is 0 Å². The van der Waals surface area contributed by atoms with Gasteiger partial charge in [-0.2, -0.15) is 0 Å². The maximum atomic E-state index is 8.97. The minimum atomic E-state index is -1.43. The average molecular weight is 220 g/mol. The van der Waals surface area contributed by atoms with Gasteiger partial charge < -0.3 is 14.9 Å². The van der Waals surface area contributed by atoms with Gasteiger partial charge in [-0.15, -0.1) is 0 Å². The van der Waals surface area contributed by atoms with Gasteiger partial charge in [0.15, 0.2) is 0 Å². The fraction of sp³-hybridized carbons (Fsp3) is 0.545. The third kappa shape index (κ3) is 2.74. The Hall–Kier alpha value is -1.07. The molecular weight excluding hydrogens is 203 g/mol. The maximum absolute atomic E-state index is 8.97. The molecule has 2 heterocycles. The zero-order valence-electron chi connectivity index (χ0n) is 9.34. The van der Waals surface area contributed by atoms with Crippen molar-refractivity contribution in [1.82, 2.24) is 4.98 Å². The largest absolute Gasteiger partial charge is 0.490 e. The lowest BCUT2D eigenvalue weighted by atomic mass is 9.82. The quantitative estimate of drug-likeness (QED) is 0.696. The third-order valence-corrected chi connectivity index (χ3v) is 3.00. The molecule has 0 aromatic carbocycles. The first-order valence-corrected chi connectivity index (χ1v) is 5.84. The van der Waals surface area contributed by atoms with Gasteiger partial charge >= 0.3 is 7.12 Å². The van der Waals surface area contributed by atoms with Gasteiger partial charge in [0.2, 0.25) is 0 Å². The molecule has 0 bridgehead atoms. The van der Waals surface area contributed by atoms with Crippen LogP contribution in [0.15, 0.2) is 18.3 Å². The standard InChI is InChI=1S/C11H17BN2O2/c15-12(16)10-5-6-11(13-9-10)14-7-3-1-2-4-8-14/h5-6,9,15-16H,1-4,7-8H2. The van der Waals surface area contributed by atoms with Crippen molar-refractivity contribution in [2.75, 3.05) is 18.0 Å². The second-order valence-corrected chi connectivity index (χ2v) is 4.22. The Kier molecular flexibility index (Phi) is 3.80. The number of pyridine rings is 1. The van der Waals surface area contributed by atoms with Crippen LogP contribution >= 0.6 is 0 Å². The van der Waals surface area contributed by atoms with E-state index in [2.05, 4.69) is 9.88 Å². The number of rotatable bonds is 2. The molecule has 1 aliphatic rings. The van der Waals surface area contributed by atoms with E-state index in [9.17, 15) is 0 Å². The molecule has 0 aliphatic carbocycles. The summed E-state index contributed by atoms with van der Waals surface area (Å²) in [4.78, 5) is 6.54. The topological polar surface area (TPSA) is 56.6 Å². The minimum Gasteiger partial charge on any atom is -0.423 e. The van der Waals surface area contributed by atoms with Crippen molar-refractivity contribution in [1.29, 1.82) is 0 Å². The maximum Gasteiger partial charge on any atom is 0.490 e. The molecular formula is C11H17BN2O2. The normalized spacial score (nSPS) is 17.0. The van der Waals surface area contributed by atoms with Gasteiger partial charge in [-0.25, -0.2) is 4.98 Å². The van der Waals surface area contributed by atoms with Crippen LogP contribution in [-0.2, 0) is 0 Å². The fourth-order valence-corrected chi connectivity index (χ4v) is 2.04. The molecule has 1 aromatic heterocycles. The Labute approximate surface area is 96.1 Å². The van der Waals surface area contributed by atoms with Gasteiger partial charge in [-0.1, -0.05) is 18.9 Å². The van der Waals surface area contributed by atoms with Crippen LogP contribution in [0, 0.1) is 0 Å². The predicted octanol–water partition coefficient (Wildman–Crippen LogP) is 0.142. The zero-order valence-corrected chi connectivity index (χ0v) is 9.34. The average Bonchev–Trinajstić information content (AvgIpc) is 2.57. The third-order valence-electron chi connectivity index (χ3n) is 3.00. The number of aromatic nitrogens is 1. The Morgan fingerprint density at radius 2 is 1.75 bits per heavy atom. The molecule has 0 amide bonds. The molecule has 5 heteroatoms. The van der Waals surface area contributed by atoms with E-state index in [0.29, 0.717) is 5.46 Å². The monoisotopic (exact) mass is 220 g/mol. The molecule has 16 heavy (non-hydrogen) atoms. The highest BCUT2D eigenvalue weighted by Gasteiger charge is 2.14. The van der Waals surface area contributed by atoms with E-state index in [-0.39, 0.29) is 0 Å². The molecule has 1 saturated heterocycles. The van der Waals surface area contributed by atoms with E-state index in [1.54, 1.807) is 6.07 Å². The first-order chi connectivity index (χ1) is 7.77. The molecule has 1 fully saturated rings. The smallest absolute Gasteiger partial charge is 0.423 e. The number of hydrogen-bond donors (Lipinski definition) is 2. The van der Waals surface area contributed by atoms with Crippen LogP contribution in [0.1, 0.15) is 25.7 Å². The van der Waals surface area contributed by atoms with E-state index >= 15 is 0 Å². The summed E-state index contributed by atoms with van der Waals surface area (Å²) in [5.74, 6) is 0.936. The summed E-state index contributed by atoms with van der Waals surface area (Å²) >= 11 is 0. The SMILES string of the molecule is OB(O)c1ccc(N2CCCCCC2)nc1. The number of hydrogen-bond acceptors (Lipinski definition) is 4. The molecule has 0 unspecified atom stereocenters. The minimum absolute atomic E-state index is 0.443. The van der Waals surface area contributed by atoms with E-state index in [4.69, 9.17) is 10.0 Å². The Balaban J connectivity index is 2.07. The van der Waals surface area contributed by atoms with Crippen molar-refractivity contribution in [2.45, 2.75) is 25.7 Å². The van der Waals surface area contributed by atoms with Crippen LogP contribution in [-0.4, -0.2) is 35.2 Å². The molecule has 0 atom stereocenters. The highest BCUT2D eigenvalue weighted by Crippen LogP contribution is 2.15. The van der Waals surface area contributed by atoms with Crippen molar-refractivity contribution < 1.29 is 10.0 Å². The second kappa shape index (κ2) is 5.32. The van der Waals surface area contributed by atoms with Gasteiger partial charge in [0.1, 0.15) is 5.82 Å². The van der Waals surface area contributed by atoms with Crippen molar-refractivity contribution in [3.63, 3.8) is 0 Å². The van der Waals surface area contributed by atoms with Crippen molar-refractivity contribution >= 4 is 18.4 Å². The molecule has 0 spiro atoms. The predicted molar refractivity (Wildman–Crippen MR) is 64.7 cm³/mol. The Morgan fingerprint density at radius 1 is 1.06 bits per heavy atom.